The number of aromatic nitrogens is 1. The number of nitrogens with one attached hydrogen (secondary N) is 1. The van der Waals surface area contributed by atoms with Gasteiger partial charge in [0.2, 0.25) is 6.41 Å². The first-order valence-electron chi connectivity index (χ1n) is 4.07. The zero-order chi connectivity index (χ0) is 9.26. The van der Waals surface area contributed by atoms with Gasteiger partial charge in [0.25, 0.3) is 0 Å². The Morgan fingerprint density at radius 3 is 2.85 bits per heavy atom. The zero-order valence-corrected chi connectivity index (χ0v) is 7.32. The molecule has 0 spiro atoms. The number of aromatic amines is 1. The van der Waals surface area contributed by atoms with E-state index in [0.29, 0.717) is 0 Å². The normalized spacial score (nSPS) is 10.2. The van der Waals surface area contributed by atoms with Crippen molar-refractivity contribution in [3.05, 3.63) is 30.3 Å². The molecule has 0 unspecified atom stereocenters. The Kier molecular flexibility index (Phi) is 1.77. The van der Waals surface area contributed by atoms with E-state index in [-0.39, 0.29) is 0 Å². The van der Waals surface area contributed by atoms with E-state index >= 15 is 0 Å². The van der Waals surface area contributed by atoms with Crippen LogP contribution in [0.2, 0.25) is 0 Å². The fraction of sp³-hybridized carbons (Fsp3) is 0.100. The molecule has 1 amide bonds. The Morgan fingerprint density at radius 2 is 2.15 bits per heavy atom. The van der Waals surface area contributed by atoms with Crippen molar-refractivity contribution in [2.75, 3.05) is 11.9 Å². The summed E-state index contributed by atoms with van der Waals surface area (Å²) in [5.74, 6) is 0.816. The predicted octanol–water partition coefficient (Wildman–Crippen LogP) is 1.76. The molecule has 0 fully saturated rings. The van der Waals surface area contributed by atoms with Gasteiger partial charge in [-0.3, -0.25) is 4.79 Å². The van der Waals surface area contributed by atoms with Crippen molar-refractivity contribution >= 4 is 23.1 Å². The lowest BCUT2D eigenvalue weighted by Crippen LogP contribution is -2.13. The number of nitrogens with zero attached hydrogens (tertiary/aromatic N) is 1. The van der Waals surface area contributed by atoms with Gasteiger partial charge in [0.15, 0.2) is 0 Å². The molecule has 2 aromatic rings. The Morgan fingerprint density at radius 1 is 1.38 bits per heavy atom. The second-order valence-electron chi connectivity index (χ2n) is 2.96. The first kappa shape index (κ1) is 7.86. The number of hydrogen-bond acceptors (Lipinski definition) is 1. The molecule has 3 heteroatoms. The summed E-state index contributed by atoms with van der Waals surface area (Å²) in [5, 5.41) is 1.12. The van der Waals surface area contributed by atoms with E-state index in [0.717, 1.165) is 23.1 Å². The van der Waals surface area contributed by atoms with Crippen LogP contribution >= 0.6 is 0 Å². The van der Waals surface area contributed by atoms with Gasteiger partial charge < -0.3 is 9.88 Å². The molecule has 0 saturated heterocycles. The Balaban J connectivity index is 2.55. The van der Waals surface area contributed by atoms with Gasteiger partial charge in [-0.05, 0) is 12.1 Å². The molecule has 66 valence electrons. The van der Waals surface area contributed by atoms with E-state index < -0.39 is 0 Å². The van der Waals surface area contributed by atoms with E-state index in [4.69, 9.17) is 0 Å². The number of carbonyl (C=O) groups excluding carboxylic acids is 1. The largest absolute Gasteiger partial charge is 0.341 e. The molecule has 0 aliphatic rings. The molecule has 0 saturated carbocycles. The van der Waals surface area contributed by atoms with Crippen LogP contribution in [0.15, 0.2) is 30.3 Å². The van der Waals surface area contributed by atoms with E-state index in [1.54, 1.807) is 7.05 Å². The number of H-pyrrole nitrogens is 1. The van der Waals surface area contributed by atoms with Crippen LogP contribution in [-0.2, 0) is 4.79 Å². The van der Waals surface area contributed by atoms with Crippen molar-refractivity contribution in [3.8, 4) is 0 Å². The third-order valence-corrected chi connectivity index (χ3v) is 2.05. The van der Waals surface area contributed by atoms with Crippen molar-refractivity contribution in [2.45, 2.75) is 0 Å². The summed E-state index contributed by atoms with van der Waals surface area (Å²) in [6.45, 7) is 0. The molecule has 0 bridgehead atoms. The summed E-state index contributed by atoms with van der Waals surface area (Å²) in [6, 6.07) is 9.87. The molecular formula is C10H10N2O. The maximum atomic E-state index is 10.5. The monoisotopic (exact) mass is 174 g/mol. The summed E-state index contributed by atoms with van der Waals surface area (Å²) < 4.78 is 0. The van der Waals surface area contributed by atoms with E-state index in [1.807, 2.05) is 30.3 Å². The van der Waals surface area contributed by atoms with Crippen molar-refractivity contribution in [2.24, 2.45) is 0 Å². The molecule has 1 aromatic heterocycles. The van der Waals surface area contributed by atoms with Gasteiger partial charge in [-0.25, -0.2) is 0 Å². The minimum absolute atomic E-state index is 0.782. The average Bonchev–Trinajstić information content (AvgIpc) is 2.59. The van der Waals surface area contributed by atoms with Crippen LogP contribution in [0.5, 0.6) is 0 Å². The fourth-order valence-electron chi connectivity index (χ4n) is 1.30. The molecule has 1 N–H and O–H groups in total. The van der Waals surface area contributed by atoms with Crippen LogP contribution in [0.1, 0.15) is 0 Å². The van der Waals surface area contributed by atoms with Crippen molar-refractivity contribution < 1.29 is 4.79 Å². The van der Waals surface area contributed by atoms with Crippen molar-refractivity contribution in [3.63, 3.8) is 0 Å². The van der Waals surface area contributed by atoms with Gasteiger partial charge in [0.05, 0.1) is 0 Å². The minimum Gasteiger partial charge on any atom is -0.341 e. The third kappa shape index (κ3) is 1.28. The maximum absolute atomic E-state index is 10.5. The predicted molar refractivity (Wildman–Crippen MR) is 52.8 cm³/mol. The molecule has 1 aromatic carbocycles. The highest BCUT2D eigenvalue weighted by molar-refractivity contribution is 5.87. The maximum Gasteiger partial charge on any atom is 0.214 e. The van der Waals surface area contributed by atoms with E-state index in [9.17, 15) is 4.79 Å². The first-order valence-corrected chi connectivity index (χ1v) is 4.07. The lowest BCUT2D eigenvalue weighted by Gasteiger charge is -2.05. The molecule has 0 aliphatic heterocycles. The molecular weight excluding hydrogens is 164 g/mol. The van der Waals surface area contributed by atoms with Crippen LogP contribution in [0.25, 0.3) is 10.9 Å². The number of benzene rings is 1. The Labute approximate surface area is 76.0 Å². The van der Waals surface area contributed by atoms with Crippen LogP contribution < -0.4 is 4.90 Å². The average molecular weight is 174 g/mol. The molecule has 2 rings (SSSR count). The summed E-state index contributed by atoms with van der Waals surface area (Å²) >= 11 is 0. The number of fused-ring (bicyclic) bond motifs is 1. The molecule has 0 atom stereocenters. The molecule has 0 radical (unpaired) electrons. The number of hydrogen-bond donors (Lipinski definition) is 1. The van der Waals surface area contributed by atoms with Crippen LogP contribution in [0, 0.1) is 0 Å². The number of anilines is 1. The summed E-state index contributed by atoms with van der Waals surface area (Å²) in [6.07, 6.45) is 0.782. The molecule has 1 heterocycles. The van der Waals surface area contributed by atoms with Gasteiger partial charge in [0, 0.05) is 18.0 Å². The van der Waals surface area contributed by atoms with Gasteiger partial charge in [-0.15, -0.1) is 0 Å². The van der Waals surface area contributed by atoms with Crippen LogP contribution in [0.4, 0.5) is 5.82 Å². The third-order valence-electron chi connectivity index (χ3n) is 2.05. The number of rotatable bonds is 2. The summed E-state index contributed by atoms with van der Waals surface area (Å²) in [7, 11) is 1.72. The number of para-hydroxylation sites is 1. The highest BCUT2D eigenvalue weighted by Crippen LogP contribution is 2.19. The second kappa shape index (κ2) is 2.94. The van der Waals surface area contributed by atoms with Crippen LogP contribution in [0.3, 0.4) is 0 Å². The van der Waals surface area contributed by atoms with Gasteiger partial charge in [-0.2, -0.15) is 0 Å². The van der Waals surface area contributed by atoms with Gasteiger partial charge in [0.1, 0.15) is 5.82 Å². The minimum atomic E-state index is 0.782. The second-order valence-corrected chi connectivity index (χ2v) is 2.96. The Bertz CT molecular complexity index is 400. The topological polar surface area (TPSA) is 36.1 Å². The van der Waals surface area contributed by atoms with E-state index in [1.165, 1.54) is 4.90 Å². The lowest BCUT2D eigenvalue weighted by atomic mass is 10.2. The number of carbonyl (C=O) groups is 1. The van der Waals surface area contributed by atoms with Crippen molar-refractivity contribution in [1.82, 2.24) is 4.98 Å². The summed E-state index contributed by atoms with van der Waals surface area (Å²) in [5.41, 5.74) is 1.05. The van der Waals surface area contributed by atoms with Crippen molar-refractivity contribution in [1.29, 1.82) is 0 Å². The summed E-state index contributed by atoms with van der Waals surface area (Å²) in [4.78, 5) is 15.1. The quantitative estimate of drug-likeness (QED) is 0.692. The highest BCUT2D eigenvalue weighted by atomic mass is 16.1. The van der Waals surface area contributed by atoms with Gasteiger partial charge >= 0.3 is 0 Å². The molecule has 13 heavy (non-hydrogen) atoms. The highest BCUT2D eigenvalue weighted by Gasteiger charge is 2.02. The number of amides is 1. The first-order chi connectivity index (χ1) is 6.31. The van der Waals surface area contributed by atoms with Crippen LogP contribution in [-0.4, -0.2) is 18.4 Å². The smallest absolute Gasteiger partial charge is 0.214 e. The SMILES string of the molecule is CN(C=O)c1cc2ccccc2[nH]1. The molecule has 3 nitrogen and oxygen atoms in total. The van der Waals surface area contributed by atoms with Gasteiger partial charge in [-0.1, -0.05) is 18.2 Å². The lowest BCUT2D eigenvalue weighted by molar-refractivity contribution is -0.107. The molecule has 0 aliphatic carbocycles. The zero-order valence-electron chi connectivity index (χ0n) is 7.32. The fourth-order valence-corrected chi connectivity index (χ4v) is 1.30. The van der Waals surface area contributed by atoms with E-state index in [2.05, 4.69) is 4.98 Å². The Hall–Kier alpha value is -1.77. The standard InChI is InChI=1S/C10H10N2O/c1-12(7-13)10-6-8-4-2-3-5-9(8)11-10/h2-7,11H,1H3.